The quantitative estimate of drug-likeness (QED) is 0.718. The maximum atomic E-state index is 9.32. The normalized spacial score (nSPS) is 19.2. The van der Waals surface area contributed by atoms with Crippen LogP contribution in [0, 0.1) is 0 Å². The highest BCUT2D eigenvalue weighted by molar-refractivity contribution is 5.49. The molecule has 0 amide bonds. The first-order valence-electron chi connectivity index (χ1n) is 6.27. The van der Waals surface area contributed by atoms with E-state index < -0.39 is 0 Å². The lowest BCUT2D eigenvalue weighted by atomic mass is 10.2. The van der Waals surface area contributed by atoms with Crippen molar-refractivity contribution in [1.29, 1.82) is 0 Å². The molecule has 1 unspecified atom stereocenters. The Hall–Kier alpha value is -1.40. The van der Waals surface area contributed by atoms with E-state index in [-0.39, 0.29) is 12.6 Å². The van der Waals surface area contributed by atoms with Crippen LogP contribution in [-0.4, -0.2) is 54.5 Å². The topological polar surface area (TPSA) is 70.5 Å². The molecule has 0 saturated carbocycles. The molecular weight excluding hydrogens is 232 g/mol. The van der Waals surface area contributed by atoms with Gasteiger partial charge in [0.1, 0.15) is 18.0 Å². The van der Waals surface area contributed by atoms with E-state index in [0.717, 1.165) is 37.6 Å². The van der Waals surface area contributed by atoms with Crippen molar-refractivity contribution >= 4 is 11.6 Å². The monoisotopic (exact) mass is 252 g/mol. The average Bonchev–Trinajstić information content (AvgIpc) is 2.88. The Kier molecular flexibility index (Phi) is 4.72. The number of nitrogens with zero attached hydrogens (tertiary/aromatic N) is 3. The smallest absolute Gasteiger partial charge is 0.134 e. The van der Waals surface area contributed by atoms with E-state index in [2.05, 4.69) is 20.2 Å². The standard InChI is InChI=1S/C12H20N4O2/c1-18-6-4-13-11-7-12(15-9-14-11)16-5-2-3-10(16)8-17/h7,9-10,17H,2-6,8H2,1H3,(H,13,14,15). The largest absolute Gasteiger partial charge is 0.394 e. The molecule has 1 aromatic rings. The lowest BCUT2D eigenvalue weighted by Gasteiger charge is -2.24. The third kappa shape index (κ3) is 3.08. The highest BCUT2D eigenvalue weighted by Gasteiger charge is 2.24. The Balaban J connectivity index is 2.02. The third-order valence-electron chi connectivity index (χ3n) is 3.15. The molecule has 1 aliphatic rings. The van der Waals surface area contributed by atoms with Crippen LogP contribution >= 0.6 is 0 Å². The number of anilines is 2. The van der Waals surface area contributed by atoms with E-state index in [1.54, 1.807) is 13.4 Å². The van der Waals surface area contributed by atoms with Crippen LogP contribution in [0.1, 0.15) is 12.8 Å². The van der Waals surface area contributed by atoms with Crippen LogP contribution in [0.5, 0.6) is 0 Å². The summed E-state index contributed by atoms with van der Waals surface area (Å²) in [6, 6.07) is 2.11. The zero-order valence-electron chi connectivity index (χ0n) is 10.7. The van der Waals surface area contributed by atoms with Gasteiger partial charge in [-0.2, -0.15) is 0 Å². The average molecular weight is 252 g/mol. The molecule has 0 aromatic carbocycles. The van der Waals surface area contributed by atoms with Crippen molar-refractivity contribution in [2.75, 3.05) is 43.6 Å². The van der Waals surface area contributed by atoms with Crippen molar-refractivity contribution in [3.05, 3.63) is 12.4 Å². The van der Waals surface area contributed by atoms with Crippen molar-refractivity contribution in [3.63, 3.8) is 0 Å². The fraction of sp³-hybridized carbons (Fsp3) is 0.667. The molecule has 18 heavy (non-hydrogen) atoms. The number of hydrogen-bond acceptors (Lipinski definition) is 6. The van der Waals surface area contributed by atoms with Gasteiger partial charge < -0.3 is 20.1 Å². The molecule has 0 spiro atoms. The summed E-state index contributed by atoms with van der Waals surface area (Å²) in [4.78, 5) is 10.6. The molecular formula is C12H20N4O2. The fourth-order valence-corrected chi connectivity index (χ4v) is 2.21. The van der Waals surface area contributed by atoms with E-state index in [9.17, 15) is 5.11 Å². The summed E-state index contributed by atoms with van der Waals surface area (Å²) in [5, 5.41) is 12.5. The van der Waals surface area contributed by atoms with E-state index >= 15 is 0 Å². The molecule has 0 aliphatic carbocycles. The lowest BCUT2D eigenvalue weighted by Crippen LogP contribution is -2.32. The van der Waals surface area contributed by atoms with Crippen molar-refractivity contribution in [3.8, 4) is 0 Å². The Morgan fingerprint density at radius 3 is 3.22 bits per heavy atom. The molecule has 1 aliphatic heterocycles. The van der Waals surface area contributed by atoms with Crippen molar-refractivity contribution in [2.45, 2.75) is 18.9 Å². The third-order valence-corrected chi connectivity index (χ3v) is 3.15. The lowest BCUT2D eigenvalue weighted by molar-refractivity contribution is 0.210. The molecule has 2 N–H and O–H groups in total. The predicted octanol–water partition coefficient (Wildman–Crippen LogP) is 0.496. The van der Waals surface area contributed by atoms with Crippen LogP contribution < -0.4 is 10.2 Å². The van der Waals surface area contributed by atoms with Crippen LogP contribution in [-0.2, 0) is 4.74 Å². The van der Waals surface area contributed by atoms with Crippen molar-refractivity contribution < 1.29 is 9.84 Å². The van der Waals surface area contributed by atoms with Gasteiger partial charge >= 0.3 is 0 Å². The molecule has 0 bridgehead atoms. The number of nitrogens with one attached hydrogen (secondary N) is 1. The zero-order valence-corrected chi connectivity index (χ0v) is 10.7. The van der Waals surface area contributed by atoms with Gasteiger partial charge in [-0.1, -0.05) is 0 Å². The molecule has 1 aromatic heterocycles. The number of aliphatic hydroxyl groups is 1. The first-order valence-corrected chi connectivity index (χ1v) is 6.27. The maximum Gasteiger partial charge on any atom is 0.134 e. The molecule has 0 radical (unpaired) electrons. The summed E-state index contributed by atoms with van der Waals surface area (Å²) < 4.78 is 4.98. The molecule has 6 nitrogen and oxygen atoms in total. The molecule has 2 heterocycles. The Morgan fingerprint density at radius 2 is 2.44 bits per heavy atom. The van der Waals surface area contributed by atoms with Crippen LogP contribution in [0.25, 0.3) is 0 Å². The van der Waals surface area contributed by atoms with Crippen LogP contribution in [0.4, 0.5) is 11.6 Å². The summed E-state index contributed by atoms with van der Waals surface area (Å²) >= 11 is 0. The van der Waals surface area contributed by atoms with Crippen molar-refractivity contribution in [2.24, 2.45) is 0 Å². The Morgan fingerprint density at radius 1 is 1.56 bits per heavy atom. The number of aromatic nitrogens is 2. The van der Waals surface area contributed by atoms with Gasteiger partial charge in [-0.3, -0.25) is 0 Å². The zero-order chi connectivity index (χ0) is 12.8. The van der Waals surface area contributed by atoms with Crippen LogP contribution in [0.2, 0.25) is 0 Å². The second kappa shape index (κ2) is 6.51. The summed E-state index contributed by atoms with van der Waals surface area (Å²) in [7, 11) is 1.67. The van der Waals surface area contributed by atoms with Gasteiger partial charge in [-0.05, 0) is 12.8 Å². The summed E-state index contributed by atoms with van der Waals surface area (Å²) in [5.74, 6) is 1.67. The van der Waals surface area contributed by atoms with E-state index in [1.165, 1.54) is 0 Å². The van der Waals surface area contributed by atoms with E-state index in [1.807, 2.05) is 6.07 Å². The highest BCUT2D eigenvalue weighted by atomic mass is 16.5. The fourth-order valence-electron chi connectivity index (χ4n) is 2.21. The molecule has 100 valence electrons. The maximum absolute atomic E-state index is 9.32. The molecule has 1 atom stereocenters. The van der Waals surface area contributed by atoms with Gasteiger partial charge in [0.05, 0.1) is 19.3 Å². The number of ether oxygens (including phenoxy) is 1. The van der Waals surface area contributed by atoms with Gasteiger partial charge in [0.25, 0.3) is 0 Å². The minimum absolute atomic E-state index is 0.177. The van der Waals surface area contributed by atoms with Gasteiger partial charge in [0, 0.05) is 26.3 Å². The minimum Gasteiger partial charge on any atom is -0.394 e. The van der Waals surface area contributed by atoms with Gasteiger partial charge in [-0.25, -0.2) is 9.97 Å². The predicted molar refractivity (Wildman–Crippen MR) is 69.9 cm³/mol. The summed E-state index contributed by atoms with van der Waals surface area (Å²) in [6.07, 6.45) is 3.67. The first-order chi connectivity index (χ1) is 8.85. The minimum atomic E-state index is 0.177. The number of methoxy groups -OCH3 is 1. The Labute approximate surface area is 107 Å². The molecule has 1 saturated heterocycles. The second-order valence-corrected chi connectivity index (χ2v) is 4.35. The molecule has 2 rings (SSSR count). The number of aliphatic hydroxyl groups excluding tert-OH is 1. The SMILES string of the molecule is COCCNc1cc(N2CCCC2CO)ncn1. The molecule has 1 fully saturated rings. The van der Waals surface area contributed by atoms with Crippen LogP contribution in [0.15, 0.2) is 12.4 Å². The van der Waals surface area contributed by atoms with Gasteiger partial charge in [-0.15, -0.1) is 0 Å². The number of rotatable bonds is 6. The molecule has 6 heteroatoms. The highest BCUT2D eigenvalue weighted by Crippen LogP contribution is 2.24. The van der Waals surface area contributed by atoms with Crippen molar-refractivity contribution in [1.82, 2.24) is 9.97 Å². The van der Waals surface area contributed by atoms with E-state index in [4.69, 9.17) is 4.74 Å². The van der Waals surface area contributed by atoms with E-state index in [0.29, 0.717) is 6.61 Å². The first kappa shape index (κ1) is 13.0. The second-order valence-electron chi connectivity index (χ2n) is 4.35. The summed E-state index contributed by atoms with van der Waals surface area (Å²) in [5.41, 5.74) is 0. The van der Waals surface area contributed by atoms with Gasteiger partial charge in [0.2, 0.25) is 0 Å². The van der Waals surface area contributed by atoms with Crippen LogP contribution in [0.3, 0.4) is 0 Å². The van der Waals surface area contributed by atoms with Gasteiger partial charge in [0.15, 0.2) is 0 Å². The number of hydrogen-bond donors (Lipinski definition) is 2. The Bertz CT molecular complexity index is 375. The summed E-state index contributed by atoms with van der Waals surface area (Å²) in [6.45, 7) is 2.48.